The van der Waals surface area contributed by atoms with E-state index in [0.717, 1.165) is 5.70 Å². The van der Waals surface area contributed by atoms with Crippen LogP contribution in [0.1, 0.15) is 6.92 Å². The number of para-hydroxylation sites is 1. The normalized spacial score (nSPS) is 14.4. The van der Waals surface area contributed by atoms with E-state index in [0.29, 0.717) is 0 Å². The molecule has 0 radical (unpaired) electrons. The zero-order chi connectivity index (χ0) is 14.4. The van der Waals surface area contributed by atoms with Crippen molar-refractivity contribution in [2.75, 3.05) is 0 Å². The lowest BCUT2D eigenvalue weighted by molar-refractivity contribution is 1.03. The molecule has 1 heterocycles. The molecule has 0 amide bonds. The maximum absolute atomic E-state index is 5.78. The average molecular weight is 264 g/mol. The van der Waals surface area contributed by atoms with Gasteiger partial charge in [-0.1, -0.05) is 42.5 Å². The number of nitrogens with zero attached hydrogens (tertiary/aromatic N) is 1. The van der Waals surface area contributed by atoms with E-state index in [-0.39, 0.29) is 6.04 Å². The van der Waals surface area contributed by atoms with Crippen molar-refractivity contribution in [1.82, 2.24) is 4.57 Å². The standard InChI is InChI=1S/C18H20N2/c1-3-8-17(11-7-10-16(19)4-2)20-14-13-15-9-5-6-12-18(15)20/h3-14,16H,2,19H2,1H3/b8-3-,10-7+,17-11+. The third kappa shape index (κ3) is 3.16. The molecule has 102 valence electrons. The van der Waals surface area contributed by atoms with E-state index in [4.69, 9.17) is 5.73 Å². The van der Waals surface area contributed by atoms with E-state index >= 15 is 0 Å². The molecular formula is C18H20N2. The van der Waals surface area contributed by atoms with Crippen LogP contribution in [0.2, 0.25) is 0 Å². The van der Waals surface area contributed by atoms with Gasteiger partial charge in [0.2, 0.25) is 0 Å². The Hall–Kier alpha value is -2.32. The van der Waals surface area contributed by atoms with Gasteiger partial charge < -0.3 is 10.3 Å². The number of rotatable bonds is 5. The highest BCUT2D eigenvalue weighted by molar-refractivity contribution is 5.84. The monoisotopic (exact) mass is 264 g/mol. The first-order valence-corrected chi connectivity index (χ1v) is 6.72. The fourth-order valence-corrected chi connectivity index (χ4v) is 2.06. The van der Waals surface area contributed by atoms with Gasteiger partial charge in [-0.25, -0.2) is 0 Å². The van der Waals surface area contributed by atoms with Crippen LogP contribution in [0.3, 0.4) is 0 Å². The maximum Gasteiger partial charge on any atom is 0.0528 e. The van der Waals surface area contributed by atoms with E-state index in [9.17, 15) is 0 Å². The van der Waals surface area contributed by atoms with Crippen LogP contribution < -0.4 is 5.73 Å². The van der Waals surface area contributed by atoms with Crippen molar-refractivity contribution in [2.45, 2.75) is 13.0 Å². The summed E-state index contributed by atoms with van der Waals surface area (Å²) < 4.78 is 2.17. The highest BCUT2D eigenvalue weighted by Crippen LogP contribution is 2.20. The molecule has 1 aromatic carbocycles. The minimum atomic E-state index is -0.112. The summed E-state index contributed by atoms with van der Waals surface area (Å²) in [7, 11) is 0. The molecule has 0 bridgehead atoms. The molecule has 2 heteroatoms. The Balaban J connectivity index is 2.40. The quantitative estimate of drug-likeness (QED) is 0.639. The largest absolute Gasteiger partial charge is 0.321 e. The molecule has 2 rings (SSSR count). The summed E-state index contributed by atoms with van der Waals surface area (Å²) in [6.07, 6.45) is 13.8. The SMILES string of the molecule is C=CC(N)/C=C/C=C(\C=C/C)n1ccc2ccccc21. The molecule has 1 unspecified atom stereocenters. The van der Waals surface area contributed by atoms with Crippen molar-refractivity contribution in [3.05, 3.63) is 79.6 Å². The second kappa shape index (κ2) is 6.73. The molecule has 1 atom stereocenters. The second-order valence-corrected chi connectivity index (χ2v) is 4.53. The van der Waals surface area contributed by atoms with E-state index in [1.54, 1.807) is 6.08 Å². The molecule has 2 N–H and O–H groups in total. The number of nitrogens with two attached hydrogens (primary N) is 1. The molecule has 0 aliphatic heterocycles. The van der Waals surface area contributed by atoms with Crippen molar-refractivity contribution in [3.8, 4) is 0 Å². The van der Waals surface area contributed by atoms with Crippen LogP contribution in [-0.2, 0) is 0 Å². The Morgan fingerprint density at radius 1 is 1.30 bits per heavy atom. The van der Waals surface area contributed by atoms with Gasteiger partial charge in [0.05, 0.1) is 5.52 Å². The Morgan fingerprint density at radius 2 is 2.10 bits per heavy atom. The number of fused-ring (bicyclic) bond motifs is 1. The first-order valence-electron chi connectivity index (χ1n) is 6.72. The Morgan fingerprint density at radius 3 is 2.85 bits per heavy atom. The number of benzene rings is 1. The molecule has 0 spiro atoms. The summed E-state index contributed by atoms with van der Waals surface area (Å²) in [5, 5.41) is 1.23. The van der Waals surface area contributed by atoms with Crippen molar-refractivity contribution in [2.24, 2.45) is 5.73 Å². The molecule has 1 aromatic heterocycles. The lowest BCUT2D eigenvalue weighted by atomic mass is 10.2. The van der Waals surface area contributed by atoms with Crippen LogP contribution in [0.5, 0.6) is 0 Å². The molecule has 0 aliphatic rings. The van der Waals surface area contributed by atoms with Gasteiger partial charge in [-0.15, -0.1) is 6.58 Å². The first kappa shape index (κ1) is 14.1. The highest BCUT2D eigenvalue weighted by Gasteiger charge is 2.01. The van der Waals surface area contributed by atoms with Gasteiger partial charge in [0.1, 0.15) is 0 Å². The topological polar surface area (TPSA) is 30.9 Å². The number of hydrogen-bond acceptors (Lipinski definition) is 1. The van der Waals surface area contributed by atoms with Crippen molar-refractivity contribution < 1.29 is 0 Å². The lowest BCUT2D eigenvalue weighted by Gasteiger charge is -2.06. The molecule has 0 aliphatic carbocycles. The van der Waals surface area contributed by atoms with Gasteiger partial charge in [-0.3, -0.25) is 0 Å². The predicted octanol–water partition coefficient (Wildman–Crippen LogP) is 4.13. The van der Waals surface area contributed by atoms with Crippen LogP contribution in [0.4, 0.5) is 0 Å². The average Bonchev–Trinajstić information content (AvgIpc) is 2.90. The molecular weight excluding hydrogens is 244 g/mol. The van der Waals surface area contributed by atoms with Crippen LogP contribution >= 0.6 is 0 Å². The predicted molar refractivity (Wildman–Crippen MR) is 88.3 cm³/mol. The molecule has 2 nitrogen and oxygen atoms in total. The zero-order valence-electron chi connectivity index (χ0n) is 11.7. The summed E-state index contributed by atoms with van der Waals surface area (Å²) >= 11 is 0. The van der Waals surface area contributed by atoms with Gasteiger partial charge in [-0.05, 0) is 36.6 Å². The number of allylic oxidation sites excluding steroid dienone is 5. The second-order valence-electron chi connectivity index (χ2n) is 4.53. The molecule has 0 fully saturated rings. The Bertz CT molecular complexity index is 672. The molecule has 0 saturated carbocycles. The maximum atomic E-state index is 5.78. The van der Waals surface area contributed by atoms with Crippen LogP contribution in [0.15, 0.2) is 79.6 Å². The zero-order valence-corrected chi connectivity index (χ0v) is 11.7. The summed E-state index contributed by atoms with van der Waals surface area (Å²) in [5.41, 5.74) is 8.07. The Kier molecular flexibility index (Phi) is 4.75. The van der Waals surface area contributed by atoms with E-state index in [1.807, 2.05) is 25.2 Å². The van der Waals surface area contributed by atoms with Gasteiger partial charge >= 0.3 is 0 Å². The lowest BCUT2D eigenvalue weighted by Crippen LogP contribution is -2.11. The Labute approximate surface area is 120 Å². The number of aromatic nitrogens is 1. The summed E-state index contributed by atoms with van der Waals surface area (Å²) in [4.78, 5) is 0. The van der Waals surface area contributed by atoms with Crippen molar-refractivity contribution in [1.29, 1.82) is 0 Å². The highest BCUT2D eigenvalue weighted by atomic mass is 15.0. The van der Waals surface area contributed by atoms with Gasteiger partial charge in [0.25, 0.3) is 0 Å². The van der Waals surface area contributed by atoms with Crippen molar-refractivity contribution >= 4 is 16.6 Å². The summed E-state index contributed by atoms with van der Waals surface area (Å²) in [6, 6.07) is 10.3. The molecule has 2 aromatic rings. The molecule has 0 saturated heterocycles. The first-order chi connectivity index (χ1) is 9.76. The van der Waals surface area contributed by atoms with E-state index in [2.05, 4.69) is 59.8 Å². The molecule has 20 heavy (non-hydrogen) atoms. The summed E-state index contributed by atoms with van der Waals surface area (Å²) in [5.74, 6) is 0. The minimum absolute atomic E-state index is 0.112. The van der Waals surface area contributed by atoms with Crippen LogP contribution in [-0.4, -0.2) is 10.6 Å². The smallest absolute Gasteiger partial charge is 0.0528 e. The third-order valence-electron chi connectivity index (χ3n) is 3.09. The van der Waals surface area contributed by atoms with Gasteiger partial charge in [0, 0.05) is 17.9 Å². The summed E-state index contributed by atoms with van der Waals surface area (Å²) in [6.45, 7) is 5.68. The van der Waals surface area contributed by atoms with E-state index in [1.165, 1.54) is 10.9 Å². The van der Waals surface area contributed by atoms with Crippen LogP contribution in [0.25, 0.3) is 16.6 Å². The minimum Gasteiger partial charge on any atom is -0.321 e. The fraction of sp³-hybridized carbons (Fsp3) is 0.111. The number of hydrogen-bond donors (Lipinski definition) is 1. The fourth-order valence-electron chi connectivity index (χ4n) is 2.06. The van der Waals surface area contributed by atoms with Gasteiger partial charge in [-0.2, -0.15) is 0 Å². The van der Waals surface area contributed by atoms with Crippen molar-refractivity contribution in [3.63, 3.8) is 0 Å². The van der Waals surface area contributed by atoms with Gasteiger partial charge in [0.15, 0.2) is 0 Å². The third-order valence-corrected chi connectivity index (χ3v) is 3.09. The van der Waals surface area contributed by atoms with Crippen LogP contribution in [0, 0.1) is 0 Å². The van der Waals surface area contributed by atoms with E-state index < -0.39 is 0 Å².